The molecule has 212 valence electrons. The molecule has 0 bridgehead atoms. The maximum absolute atomic E-state index is 13.6. The molecule has 3 N–H and O–H groups in total. The molecule has 9 nitrogen and oxygen atoms in total. The van der Waals surface area contributed by atoms with Gasteiger partial charge in [0.05, 0.1) is 6.07 Å². The number of nitriles is 1. The maximum atomic E-state index is 13.6. The van der Waals surface area contributed by atoms with Gasteiger partial charge in [-0.25, -0.2) is 0 Å². The summed E-state index contributed by atoms with van der Waals surface area (Å²) in [6.07, 6.45) is -3.79. The lowest BCUT2D eigenvalue weighted by Gasteiger charge is -2.38. The van der Waals surface area contributed by atoms with Crippen molar-refractivity contribution in [3.05, 3.63) is 0 Å². The fraction of sp³-hybridized carbons (Fsp3) is 0.808. The number of nitrogens with zero attached hydrogens (tertiary/aromatic N) is 2. The molecule has 0 unspecified atom stereocenters. The molecule has 6 atom stereocenters. The molecule has 1 aliphatic carbocycles. The third-order valence-electron chi connectivity index (χ3n) is 8.35. The topological polar surface area (TPSA) is 131 Å². The van der Waals surface area contributed by atoms with Crippen LogP contribution in [-0.4, -0.2) is 64.9 Å². The molecule has 1 saturated carbocycles. The quantitative estimate of drug-likeness (QED) is 0.475. The lowest BCUT2D eigenvalue weighted by Crippen LogP contribution is -2.61. The molecule has 38 heavy (non-hydrogen) atoms. The van der Waals surface area contributed by atoms with Crippen LogP contribution in [0.3, 0.4) is 0 Å². The molecule has 0 aromatic rings. The van der Waals surface area contributed by atoms with Gasteiger partial charge < -0.3 is 20.9 Å². The van der Waals surface area contributed by atoms with Gasteiger partial charge in [0.2, 0.25) is 17.7 Å². The third kappa shape index (κ3) is 5.91. The number of nitrogens with one attached hydrogen (secondary N) is 3. The summed E-state index contributed by atoms with van der Waals surface area (Å²) in [5.41, 5.74) is -1.69. The van der Waals surface area contributed by atoms with Crippen LogP contribution in [0.5, 0.6) is 0 Å². The summed E-state index contributed by atoms with van der Waals surface area (Å²) in [6.45, 7) is 12.5. The van der Waals surface area contributed by atoms with Crippen LogP contribution >= 0.6 is 0 Å². The lowest BCUT2D eigenvalue weighted by molar-refractivity contribution is -0.176. The van der Waals surface area contributed by atoms with Crippen molar-refractivity contribution in [2.24, 2.45) is 28.6 Å². The normalized spacial score (nSPS) is 29.3. The second kappa shape index (κ2) is 9.72. The van der Waals surface area contributed by atoms with E-state index in [0.29, 0.717) is 6.42 Å². The Labute approximate surface area is 221 Å². The minimum absolute atomic E-state index is 0.0481. The Hall–Kier alpha value is -2.84. The maximum Gasteiger partial charge on any atom is 0.471 e. The van der Waals surface area contributed by atoms with Crippen LogP contribution in [0.4, 0.5) is 13.2 Å². The van der Waals surface area contributed by atoms with E-state index in [9.17, 15) is 37.6 Å². The molecular formula is C26H38F3N5O4. The fourth-order valence-electron chi connectivity index (χ4n) is 5.92. The number of hydrogen-bond acceptors (Lipinski definition) is 5. The van der Waals surface area contributed by atoms with Gasteiger partial charge >= 0.3 is 12.1 Å². The number of carbonyl (C=O) groups excluding carboxylic acids is 4. The zero-order valence-corrected chi connectivity index (χ0v) is 23.0. The molecule has 2 saturated heterocycles. The van der Waals surface area contributed by atoms with Gasteiger partial charge in [-0.15, -0.1) is 0 Å². The van der Waals surface area contributed by atoms with E-state index < -0.39 is 53.4 Å². The molecule has 0 aromatic heterocycles. The number of carbonyl (C=O) groups is 4. The van der Waals surface area contributed by atoms with E-state index in [1.807, 2.05) is 39.1 Å². The number of hydrogen-bond donors (Lipinski definition) is 3. The van der Waals surface area contributed by atoms with Crippen LogP contribution in [0.15, 0.2) is 0 Å². The van der Waals surface area contributed by atoms with Crippen molar-refractivity contribution in [2.75, 3.05) is 6.54 Å². The second-order valence-corrected chi connectivity index (χ2v) is 13.2. The van der Waals surface area contributed by atoms with Crippen molar-refractivity contribution in [1.29, 1.82) is 5.26 Å². The minimum atomic E-state index is -5.17. The van der Waals surface area contributed by atoms with Gasteiger partial charge in [0.1, 0.15) is 18.1 Å². The lowest BCUT2D eigenvalue weighted by atomic mass is 9.83. The highest BCUT2D eigenvalue weighted by molar-refractivity contribution is 5.95. The number of fused-ring (bicyclic) bond motifs is 1. The number of likely N-dealkylation sites (tertiary alicyclic amines) is 1. The van der Waals surface area contributed by atoms with Crippen molar-refractivity contribution in [3.8, 4) is 6.07 Å². The van der Waals surface area contributed by atoms with Crippen molar-refractivity contribution in [1.82, 2.24) is 20.9 Å². The summed E-state index contributed by atoms with van der Waals surface area (Å²) in [5.74, 6) is -4.53. The molecule has 0 radical (unpaired) electrons. The Bertz CT molecular complexity index is 1040. The number of piperidine rings is 2. The highest BCUT2D eigenvalue weighted by atomic mass is 19.4. The van der Waals surface area contributed by atoms with E-state index in [1.54, 1.807) is 0 Å². The number of amides is 4. The van der Waals surface area contributed by atoms with Gasteiger partial charge in [-0.1, -0.05) is 34.6 Å². The van der Waals surface area contributed by atoms with Gasteiger partial charge in [-0.3, -0.25) is 19.2 Å². The van der Waals surface area contributed by atoms with E-state index in [-0.39, 0.29) is 41.7 Å². The van der Waals surface area contributed by atoms with Gasteiger partial charge in [0.15, 0.2) is 0 Å². The van der Waals surface area contributed by atoms with Gasteiger partial charge in [-0.2, -0.15) is 18.4 Å². The Morgan fingerprint density at radius 2 is 1.76 bits per heavy atom. The molecule has 4 amide bonds. The summed E-state index contributed by atoms with van der Waals surface area (Å²) in [5, 5.41) is 17.1. The first kappa shape index (κ1) is 29.7. The van der Waals surface area contributed by atoms with E-state index in [4.69, 9.17) is 0 Å². The number of rotatable bonds is 6. The molecule has 3 aliphatic rings. The zero-order valence-electron chi connectivity index (χ0n) is 23.0. The Morgan fingerprint density at radius 1 is 1.16 bits per heavy atom. The summed E-state index contributed by atoms with van der Waals surface area (Å²) in [4.78, 5) is 52.6. The first-order valence-electron chi connectivity index (χ1n) is 12.9. The predicted octanol–water partition coefficient (Wildman–Crippen LogP) is 2.27. The molecule has 2 aliphatic heterocycles. The molecule has 2 heterocycles. The summed E-state index contributed by atoms with van der Waals surface area (Å²) >= 11 is 0. The van der Waals surface area contributed by atoms with E-state index in [0.717, 1.165) is 6.42 Å². The van der Waals surface area contributed by atoms with Crippen molar-refractivity contribution in [3.63, 3.8) is 0 Å². The highest BCUT2D eigenvalue weighted by Gasteiger charge is 2.70. The fourth-order valence-corrected chi connectivity index (χ4v) is 5.92. The summed E-state index contributed by atoms with van der Waals surface area (Å²) in [6, 6.07) is -1.48. The average molecular weight is 542 g/mol. The summed E-state index contributed by atoms with van der Waals surface area (Å²) < 4.78 is 39.0. The van der Waals surface area contributed by atoms with Crippen molar-refractivity contribution >= 4 is 23.6 Å². The molecule has 0 spiro atoms. The molecule has 12 heteroatoms. The summed E-state index contributed by atoms with van der Waals surface area (Å²) in [7, 11) is 0. The van der Waals surface area contributed by atoms with E-state index in [2.05, 4.69) is 10.6 Å². The van der Waals surface area contributed by atoms with Crippen LogP contribution < -0.4 is 16.0 Å². The first-order valence-corrected chi connectivity index (χ1v) is 12.9. The largest absolute Gasteiger partial charge is 0.471 e. The predicted molar refractivity (Wildman–Crippen MR) is 131 cm³/mol. The van der Waals surface area contributed by atoms with E-state index in [1.165, 1.54) is 25.7 Å². The SMILES string of the molecule is CC1(C)CC[C@@H](C[C@@H](C#N)NC(=O)[C@@H]2[C@@H]3[C@H](CN2C(=O)[C@@H](NC(=O)C(F)(F)F)C(C)(C)C)C3(C)C)C(=O)N1. The molecular weight excluding hydrogens is 503 g/mol. The highest BCUT2D eigenvalue weighted by Crippen LogP contribution is 2.65. The van der Waals surface area contributed by atoms with Crippen LogP contribution in [0, 0.1) is 39.9 Å². The smallest absolute Gasteiger partial charge is 0.351 e. The first-order chi connectivity index (χ1) is 17.2. The second-order valence-electron chi connectivity index (χ2n) is 13.2. The van der Waals surface area contributed by atoms with Crippen LogP contribution in [0.25, 0.3) is 0 Å². The van der Waals surface area contributed by atoms with Crippen LogP contribution in [0.1, 0.15) is 67.7 Å². The zero-order chi connectivity index (χ0) is 29.0. The number of halogens is 3. The van der Waals surface area contributed by atoms with Gasteiger partial charge in [0.25, 0.3) is 0 Å². The van der Waals surface area contributed by atoms with E-state index >= 15 is 0 Å². The van der Waals surface area contributed by atoms with Crippen LogP contribution in [0.2, 0.25) is 0 Å². The monoisotopic (exact) mass is 541 g/mol. The Kier molecular flexibility index (Phi) is 7.60. The van der Waals surface area contributed by atoms with Gasteiger partial charge in [-0.05, 0) is 55.8 Å². The molecule has 3 fully saturated rings. The van der Waals surface area contributed by atoms with Crippen molar-refractivity contribution in [2.45, 2.75) is 97.6 Å². The molecule has 3 rings (SSSR count). The average Bonchev–Trinajstić information content (AvgIpc) is 3.10. The minimum Gasteiger partial charge on any atom is -0.351 e. The third-order valence-corrected chi connectivity index (χ3v) is 8.35. The van der Waals surface area contributed by atoms with Crippen molar-refractivity contribution < 1.29 is 32.3 Å². The standard InChI is InChI=1S/C26H38F3N5O4/c1-23(2,3)18(32-22(38)26(27,28)29)21(37)34-12-15-16(25(15,6)7)17(34)20(36)31-14(11-30)10-13-8-9-24(4,5)33-19(13)35/h13-18H,8-10,12H2,1-7H3,(H,31,36)(H,32,38)(H,33,35)/t13-,14-,15-,16-,17-,18+/m0/s1. The van der Waals surface area contributed by atoms with Gasteiger partial charge in [0, 0.05) is 18.0 Å². The molecule has 0 aromatic carbocycles. The Balaban J connectivity index is 1.79. The Morgan fingerprint density at radius 3 is 2.26 bits per heavy atom. The van der Waals surface area contributed by atoms with Crippen LogP contribution in [-0.2, 0) is 19.2 Å². The number of alkyl halides is 3.